The first-order valence-electron chi connectivity index (χ1n) is 6.35. The van der Waals surface area contributed by atoms with Crippen molar-refractivity contribution in [2.75, 3.05) is 11.4 Å². The molecule has 3 nitrogen and oxygen atoms in total. The zero-order chi connectivity index (χ0) is 14.1. The summed E-state index contributed by atoms with van der Waals surface area (Å²) in [5.74, 6) is 0.0650. The van der Waals surface area contributed by atoms with Gasteiger partial charge in [0.1, 0.15) is 4.88 Å². The molecule has 102 valence electrons. The molecule has 1 aromatic heterocycles. The lowest BCUT2D eigenvalue weighted by atomic mass is 10.1. The zero-order valence-corrected chi connectivity index (χ0v) is 13.0. The van der Waals surface area contributed by atoms with Gasteiger partial charge in [-0.05, 0) is 45.9 Å². The minimum Gasteiger partial charge on any atom is -0.307 e. The van der Waals surface area contributed by atoms with E-state index < -0.39 is 0 Å². The summed E-state index contributed by atoms with van der Waals surface area (Å²) in [6.07, 6.45) is 1.19. The molecule has 0 atom stereocenters. The Morgan fingerprint density at radius 3 is 2.80 bits per heavy atom. The minimum absolute atomic E-state index is 0.0472. The van der Waals surface area contributed by atoms with Crippen LogP contribution < -0.4 is 4.90 Å². The monoisotopic (exact) mass is 349 g/mol. The van der Waals surface area contributed by atoms with Crippen LogP contribution in [0.5, 0.6) is 0 Å². The standard InChI is InChI=1S/C15H12BrNO2S/c16-11-7-9-20-14(11)15(19)17-8-3-6-13(18)10-4-1-2-5-12(10)17/h1-2,4-5,7,9H,3,6,8H2. The lowest BCUT2D eigenvalue weighted by Gasteiger charge is -2.22. The number of anilines is 1. The summed E-state index contributed by atoms with van der Waals surface area (Å²) in [4.78, 5) is 27.2. The van der Waals surface area contributed by atoms with Crippen molar-refractivity contribution in [1.82, 2.24) is 0 Å². The van der Waals surface area contributed by atoms with Crippen molar-refractivity contribution in [3.8, 4) is 0 Å². The van der Waals surface area contributed by atoms with E-state index in [0.717, 1.165) is 10.2 Å². The summed E-state index contributed by atoms with van der Waals surface area (Å²) < 4.78 is 0.806. The smallest absolute Gasteiger partial charge is 0.269 e. The SMILES string of the molecule is O=C1CCCN(C(=O)c2sccc2Br)c2ccccc21. The van der Waals surface area contributed by atoms with Crippen LogP contribution in [0.3, 0.4) is 0 Å². The molecule has 1 aliphatic heterocycles. The number of hydrogen-bond donors (Lipinski definition) is 0. The van der Waals surface area contributed by atoms with Crippen molar-refractivity contribution in [2.24, 2.45) is 0 Å². The molecule has 1 aromatic carbocycles. The van der Waals surface area contributed by atoms with E-state index in [4.69, 9.17) is 0 Å². The first-order valence-corrected chi connectivity index (χ1v) is 8.03. The number of nitrogens with zero attached hydrogens (tertiary/aromatic N) is 1. The number of amides is 1. The molecule has 0 unspecified atom stereocenters. The Labute approximate surface area is 129 Å². The molecule has 0 fully saturated rings. The Hall–Kier alpha value is -1.46. The number of carbonyl (C=O) groups excluding carboxylic acids is 2. The number of ketones is 1. The molecule has 0 saturated carbocycles. The quantitative estimate of drug-likeness (QED) is 0.775. The lowest BCUT2D eigenvalue weighted by Crippen LogP contribution is -2.31. The highest BCUT2D eigenvalue weighted by atomic mass is 79.9. The first kappa shape index (κ1) is 13.5. The molecule has 5 heteroatoms. The molecule has 0 N–H and O–H groups in total. The number of para-hydroxylation sites is 1. The predicted molar refractivity (Wildman–Crippen MR) is 83.7 cm³/mol. The molecule has 0 saturated heterocycles. The Balaban J connectivity index is 2.06. The number of Topliss-reactive ketones (excluding diaryl/α,β-unsaturated/α-hetero) is 1. The van der Waals surface area contributed by atoms with Crippen LogP contribution >= 0.6 is 27.3 Å². The van der Waals surface area contributed by atoms with Gasteiger partial charge in [-0.3, -0.25) is 9.59 Å². The van der Waals surface area contributed by atoms with Gasteiger partial charge in [-0.1, -0.05) is 12.1 Å². The van der Waals surface area contributed by atoms with Gasteiger partial charge in [0.05, 0.1) is 5.69 Å². The Morgan fingerprint density at radius 1 is 1.25 bits per heavy atom. The highest BCUT2D eigenvalue weighted by molar-refractivity contribution is 9.10. The number of fused-ring (bicyclic) bond motifs is 1. The molecule has 0 aliphatic carbocycles. The number of halogens is 1. The summed E-state index contributed by atoms with van der Waals surface area (Å²) in [7, 11) is 0. The average Bonchev–Trinajstić information content (AvgIpc) is 2.81. The van der Waals surface area contributed by atoms with E-state index in [1.165, 1.54) is 11.3 Å². The molecule has 3 rings (SSSR count). The fraction of sp³-hybridized carbons (Fsp3) is 0.200. The molecular weight excluding hydrogens is 338 g/mol. The molecule has 2 heterocycles. The maximum absolute atomic E-state index is 12.7. The molecule has 20 heavy (non-hydrogen) atoms. The minimum atomic E-state index is -0.0472. The van der Waals surface area contributed by atoms with Crippen molar-refractivity contribution >= 4 is 44.6 Å². The Kier molecular flexibility index (Phi) is 3.72. The Morgan fingerprint density at radius 2 is 2.05 bits per heavy atom. The van der Waals surface area contributed by atoms with Gasteiger partial charge >= 0.3 is 0 Å². The zero-order valence-electron chi connectivity index (χ0n) is 10.6. The predicted octanol–water partition coefficient (Wildman–Crippen LogP) is 4.13. The largest absolute Gasteiger partial charge is 0.307 e. The molecule has 0 radical (unpaired) electrons. The summed E-state index contributed by atoms with van der Waals surface area (Å²) in [6.45, 7) is 0.575. The van der Waals surface area contributed by atoms with Crippen LogP contribution in [0.2, 0.25) is 0 Å². The number of thiophene rings is 1. The number of carbonyl (C=O) groups is 2. The molecule has 1 amide bonds. The maximum Gasteiger partial charge on any atom is 0.269 e. The summed E-state index contributed by atoms with van der Waals surface area (Å²) in [5, 5.41) is 1.88. The van der Waals surface area contributed by atoms with Crippen LogP contribution in [-0.4, -0.2) is 18.2 Å². The van der Waals surface area contributed by atoms with Gasteiger partial charge in [-0.2, -0.15) is 0 Å². The van der Waals surface area contributed by atoms with Crippen LogP contribution in [0.1, 0.15) is 32.9 Å². The van der Waals surface area contributed by atoms with E-state index in [-0.39, 0.29) is 11.7 Å². The molecule has 1 aliphatic rings. The first-order chi connectivity index (χ1) is 9.68. The van der Waals surface area contributed by atoms with Gasteiger partial charge in [0.15, 0.2) is 5.78 Å². The number of hydrogen-bond acceptors (Lipinski definition) is 3. The fourth-order valence-electron chi connectivity index (χ4n) is 2.38. The van der Waals surface area contributed by atoms with Crippen LogP contribution in [-0.2, 0) is 0 Å². The second-order valence-electron chi connectivity index (χ2n) is 4.60. The second-order valence-corrected chi connectivity index (χ2v) is 6.37. The molecule has 0 spiro atoms. The second kappa shape index (κ2) is 5.50. The lowest BCUT2D eigenvalue weighted by molar-refractivity contribution is 0.0975. The third-order valence-electron chi connectivity index (χ3n) is 3.34. The Bertz CT molecular complexity index is 680. The fourth-order valence-corrected chi connectivity index (χ4v) is 3.87. The molecule has 2 aromatic rings. The van der Waals surface area contributed by atoms with Crippen LogP contribution in [0, 0.1) is 0 Å². The van der Waals surface area contributed by atoms with Crippen LogP contribution in [0.15, 0.2) is 40.2 Å². The van der Waals surface area contributed by atoms with Gasteiger partial charge in [-0.25, -0.2) is 0 Å². The normalized spacial score (nSPS) is 14.8. The van der Waals surface area contributed by atoms with Crippen LogP contribution in [0.4, 0.5) is 5.69 Å². The number of benzene rings is 1. The highest BCUT2D eigenvalue weighted by Gasteiger charge is 2.27. The third kappa shape index (κ3) is 2.31. The van der Waals surface area contributed by atoms with Crippen molar-refractivity contribution in [1.29, 1.82) is 0 Å². The van der Waals surface area contributed by atoms with Crippen molar-refractivity contribution in [3.05, 3.63) is 50.6 Å². The highest BCUT2D eigenvalue weighted by Crippen LogP contribution is 2.31. The van der Waals surface area contributed by atoms with Crippen LogP contribution in [0.25, 0.3) is 0 Å². The summed E-state index contributed by atoms with van der Waals surface area (Å²) in [5.41, 5.74) is 1.37. The third-order valence-corrected chi connectivity index (χ3v) is 5.16. The van der Waals surface area contributed by atoms with Gasteiger partial charge in [0.2, 0.25) is 0 Å². The number of rotatable bonds is 1. The maximum atomic E-state index is 12.7. The van der Waals surface area contributed by atoms with E-state index in [0.29, 0.717) is 29.8 Å². The summed E-state index contributed by atoms with van der Waals surface area (Å²) in [6, 6.07) is 9.21. The van der Waals surface area contributed by atoms with E-state index in [1.807, 2.05) is 29.6 Å². The summed E-state index contributed by atoms with van der Waals surface area (Å²) >= 11 is 4.81. The van der Waals surface area contributed by atoms with E-state index >= 15 is 0 Å². The van der Waals surface area contributed by atoms with E-state index in [1.54, 1.807) is 11.0 Å². The van der Waals surface area contributed by atoms with Gasteiger partial charge in [0, 0.05) is 23.0 Å². The average molecular weight is 350 g/mol. The van der Waals surface area contributed by atoms with Crippen molar-refractivity contribution < 1.29 is 9.59 Å². The van der Waals surface area contributed by atoms with Crippen molar-refractivity contribution in [3.63, 3.8) is 0 Å². The van der Waals surface area contributed by atoms with E-state index in [2.05, 4.69) is 15.9 Å². The molecular formula is C15H12BrNO2S. The van der Waals surface area contributed by atoms with Gasteiger partial charge in [-0.15, -0.1) is 11.3 Å². The van der Waals surface area contributed by atoms with Gasteiger partial charge in [0.25, 0.3) is 5.91 Å². The van der Waals surface area contributed by atoms with Gasteiger partial charge < -0.3 is 4.90 Å². The molecule has 0 bridgehead atoms. The van der Waals surface area contributed by atoms with Crippen molar-refractivity contribution in [2.45, 2.75) is 12.8 Å². The topological polar surface area (TPSA) is 37.4 Å². The van der Waals surface area contributed by atoms with E-state index in [9.17, 15) is 9.59 Å².